The zero-order chi connectivity index (χ0) is 16.2. The molecule has 22 heavy (non-hydrogen) atoms. The average molecular weight is 339 g/mol. The summed E-state index contributed by atoms with van der Waals surface area (Å²) in [7, 11) is -3.84. The van der Waals surface area contributed by atoms with E-state index in [4.69, 9.17) is 0 Å². The van der Waals surface area contributed by atoms with Crippen molar-refractivity contribution in [2.24, 2.45) is 5.10 Å². The first-order valence-electron chi connectivity index (χ1n) is 6.30. The topological polar surface area (TPSA) is 102 Å². The van der Waals surface area contributed by atoms with Crippen molar-refractivity contribution in [1.29, 1.82) is 0 Å². The van der Waals surface area contributed by atoms with Gasteiger partial charge in [0.25, 0.3) is 15.7 Å². The minimum Gasteiger partial charge on any atom is -0.258 e. The molecule has 0 fully saturated rings. The number of nitro groups is 1. The minimum atomic E-state index is -3.84. The van der Waals surface area contributed by atoms with Gasteiger partial charge in [-0.05, 0) is 30.7 Å². The number of aryl methyl sites for hydroxylation is 1. The number of rotatable bonds is 6. The lowest BCUT2D eigenvalue weighted by atomic mass is 10.3. The Hall–Kier alpha value is -2.26. The van der Waals surface area contributed by atoms with Crippen LogP contribution >= 0.6 is 11.3 Å². The number of hydrogen-bond acceptors (Lipinski definition) is 6. The normalized spacial score (nSPS) is 11.7. The molecule has 1 heterocycles. The molecule has 0 radical (unpaired) electrons. The van der Waals surface area contributed by atoms with Gasteiger partial charge < -0.3 is 0 Å². The molecule has 0 unspecified atom stereocenters. The molecule has 9 heteroatoms. The monoisotopic (exact) mass is 339 g/mol. The van der Waals surface area contributed by atoms with Crippen molar-refractivity contribution >= 4 is 33.3 Å². The Bertz CT molecular complexity index is 795. The molecule has 2 rings (SSSR count). The third-order valence-electron chi connectivity index (χ3n) is 2.75. The molecular formula is C13H13N3O4S2. The van der Waals surface area contributed by atoms with Crippen molar-refractivity contribution in [2.45, 2.75) is 18.2 Å². The first kappa shape index (κ1) is 16.1. The van der Waals surface area contributed by atoms with Gasteiger partial charge in [-0.15, -0.1) is 11.3 Å². The van der Waals surface area contributed by atoms with Gasteiger partial charge in [-0.25, -0.2) is 4.83 Å². The second kappa shape index (κ2) is 6.67. The molecule has 0 bridgehead atoms. The summed E-state index contributed by atoms with van der Waals surface area (Å²) in [5.41, 5.74) is -0.173. The zero-order valence-electron chi connectivity index (χ0n) is 11.6. The maximum absolute atomic E-state index is 12.0. The highest BCUT2D eigenvalue weighted by Crippen LogP contribution is 2.16. The molecule has 0 saturated heterocycles. The van der Waals surface area contributed by atoms with Crippen molar-refractivity contribution in [1.82, 2.24) is 4.83 Å². The smallest absolute Gasteiger partial charge is 0.258 e. The highest BCUT2D eigenvalue weighted by atomic mass is 32.2. The number of nitro benzene ring substituents is 1. The van der Waals surface area contributed by atoms with Crippen LogP contribution in [-0.4, -0.2) is 19.6 Å². The van der Waals surface area contributed by atoms with Crippen molar-refractivity contribution in [2.75, 3.05) is 0 Å². The van der Waals surface area contributed by atoms with Gasteiger partial charge in [-0.2, -0.15) is 13.5 Å². The molecule has 0 saturated carbocycles. The van der Waals surface area contributed by atoms with Crippen LogP contribution in [0.1, 0.15) is 16.7 Å². The van der Waals surface area contributed by atoms with E-state index in [0.717, 1.165) is 35.6 Å². The Morgan fingerprint density at radius 1 is 1.27 bits per heavy atom. The fourth-order valence-electron chi connectivity index (χ4n) is 1.61. The quantitative estimate of drug-likeness (QED) is 0.496. The van der Waals surface area contributed by atoms with Crippen LogP contribution in [0.2, 0.25) is 0 Å². The summed E-state index contributed by atoms with van der Waals surface area (Å²) in [6.07, 6.45) is 2.33. The van der Waals surface area contributed by atoms with Gasteiger partial charge in [0.1, 0.15) is 0 Å². The second-order valence-corrected chi connectivity index (χ2v) is 7.12. The lowest BCUT2D eigenvalue weighted by molar-refractivity contribution is -0.384. The fourth-order valence-corrected chi connectivity index (χ4v) is 3.23. The molecule has 7 nitrogen and oxygen atoms in total. The Labute approximate surface area is 131 Å². The predicted octanol–water partition coefficient (Wildman–Crippen LogP) is 2.53. The molecule has 0 atom stereocenters. The maximum Gasteiger partial charge on any atom is 0.276 e. The molecule has 0 amide bonds. The van der Waals surface area contributed by atoms with Crippen LogP contribution in [0.15, 0.2) is 46.4 Å². The molecular weight excluding hydrogens is 326 g/mol. The Kier molecular flexibility index (Phi) is 4.88. The summed E-state index contributed by atoms with van der Waals surface area (Å²) < 4.78 is 23.9. The fraction of sp³-hybridized carbons (Fsp3) is 0.154. The Balaban J connectivity index is 2.08. The number of nitrogens with one attached hydrogen (secondary N) is 1. The highest BCUT2D eigenvalue weighted by molar-refractivity contribution is 7.89. The van der Waals surface area contributed by atoms with E-state index in [1.807, 2.05) is 19.1 Å². The lowest BCUT2D eigenvalue weighted by Gasteiger charge is -2.02. The van der Waals surface area contributed by atoms with E-state index in [0.29, 0.717) is 0 Å². The number of thiophene rings is 1. The summed E-state index contributed by atoms with van der Waals surface area (Å²) in [4.78, 5) is 14.0. The predicted molar refractivity (Wildman–Crippen MR) is 84.7 cm³/mol. The van der Waals surface area contributed by atoms with Crippen molar-refractivity contribution in [3.63, 3.8) is 0 Å². The van der Waals surface area contributed by atoms with E-state index in [-0.39, 0.29) is 10.6 Å². The van der Waals surface area contributed by atoms with Crippen LogP contribution in [0.4, 0.5) is 5.69 Å². The van der Waals surface area contributed by atoms with Gasteiger partial charge in [0.2, 0.25) is 0 Å². The molecule has 1 aromatic heterocycles. The zero-order valence-corrected chi connectivity index (χ0v) is 13.2. The van der Waals surface area contributed by atoms with Crippen molar-refractivity contribution < 1.29 is 13.3 Å². The van der Waals surface area contributed by atoms with Crippen LogP contribution in [0.5, 0.6) is 0 Å². The lowest BCUT2D eigenvalue weighted by Crippen LogP contribution is -2.18. The van der Waals surface area contributed by atoms with E-state index in [1.165, 1.54) is 22.4 Å². The van der Waals surface area contributed by atoms with Crippen LogP contribution in [0.25, 0.3) is 0 Å². The second-order valence-electron chi connectivity index (χ2n) is 4.26. The molecule has 1 aromatic carbocycles. The van der Waals surface area contributed by atoms with Crippen molar-refractivity contribution in [3.05, 3.63) is 56.3 Å². The molecule has 0 spiro atoms. The van der Waals surface area contributed by atoms with Gasteiger partial charge in [0, 0.05) is 21.9 Å². The maximum atomic E-state index is 12.0. The summed E-state index contributed by atoms with van der Waals surface area (Å²) in [6.45, 7) is 2.03. The molecule has 0 aliphatic rings. The van der Waals surface area contributed by atoms with Gasteiger partial charge in [0.05, 0.1) is 16.0 Å². The number of non-ortho nitro benzene ring substituents is 1. The van der Waals surface area contributed by atoms with E-state index in [1.54, 1.807) is 0 Å². The summed E-state index contributed by atoms with van der Waals surface area (Å²) in [6, 6.07) is 8.40. The number of nitrogens with zero attached hydrogens (tertiary/aromatic N) is 2. The molecule has 1 N–H and O–H groups in total. The van der Waals surface area contributed by atoms with Crippen LogP contribution in [0.3, 0.4) is 0 Å². The number of benzene rings is 1. The standard InChI is InChI=1S/C13H13N3O4S2/c1-2-11-5-6-12(21-11)9-14-15-22(19,20)13-7-3-10(4-8-13)16(17)18/h3-9,15H,2H2,1H3/b14-9-. The van der Waals surface area contributed by atoms with Crippen LogP contribution in [0, 0.1) is 10.1 Å². The molecule has 2 aromatic rings. The first-order valence-corrected chi connectivity index (χ1v) is 8.60. The molecule has 116 valence electrons. The summed E-state index contributed by atoms with van der Waals surface area (Å²) in [5.74, 6) is 0. The SMILES string of the molecule is CCc1ccc(/C=N\NS(=O)(=O)c2ccc([N+](=O)[O-])cc2)s1. The third-order valence-corrected chi connectivity index (χ3v) is 5.16. The molecule has 0 aliphatic heterocycles. The van der Waals surface area contributed by atoms with Gasteiger partial charge >= 0.3 is 0 Å². The van der Waals surface area contributed by atoms with E-state index < -0.39 is 14.9 Å². The van der Waals surface area contributed by atoms with E-state index in [9.17, 15) is 18.5 Å². The molecule has 0 aliphatic carbocycles. The minimum absolute atomic E-state index is 0.0873. The van der Waals surface area contributed by atoms with Gasteiger partial charge in [-0.1, -0.05) is 6.92 Å². The number of hydrazone groups is 1. The highest BCUT2D eigenvalue weighted by Gasteiger charge is 2.14. The van der Waals surface area contributed by atoms with Gasteiger partial charge in [0.15, 0.2) is 0 Å². The summed E-state index contributed by atoms with van der Waals surface area (Å²) in [5, 5.41) is 14.2. The third kappa shape index (κ3) is 3.89. The Morgan fingerprint density at radius 2 is 1.95 bits per heavy atom. The summed E-state index contributed by atoms with van der Waals surface area (Å²) >= 11 is 1.53. The average Bonchev–Trinajstić information content (AvgIpc) is 2.95. The van der Waals surface area contributed by atoms with Gasteiger partial charge in [-0.3, -0.25) is 10.1 Å². The van der Waals surface area contributed by atoms with Crippen molar-refractivity contribution in [3.8, 4) is 0 Å². The number of sulfonamides is 1. The number of hydrogen-bond donors (Lipinski definition) is 1. The van der Waals surface area contributed by atoms with E-state index in [2.05, 4.69) is 9.93 Å². The Morgan fingerprint density at radius 3 is 2.50 bits per heavy atom. The van der Waals surface area contributed by atoms with E-state index >= 15 is 0 Å². The van der Waals surface area contributed by atoms with Crippen LogP contribution < -0.4 is 4.83 Å². The van der Waals surface area contributed by atoms with Crippen LogP contribution in [-0.2, 0) is 16.4 Å². The first-order chi connectivity index (χ1) is 10.4. The largest absolute Gasteiger partial charge is 0.276 e.